The van der Waals surface area contributed by atoms with E-state index in [1.165, 1.54) is 36.1 Å². The minimum absolute atomic E-state index is 0.599. The molecule has 1 aliphatic carbocycles. The zero-order valence-electron chi connectivity index (χ0n) is 13.0. The predicted octanol–water partition coefficient (Wildman–Crippen LogP) is 3.85. The molecule has 1 fully saturated rings. The molecule has 0 saturated heterocycles. The summed E-state index contributed by atoms with van der Waals surface area (Å²) < 4.78 is 11.4. The molecule has 0 unspecified atom stereocenters. The zero-order chi connectivity index (χ0) is 14.7. The summed E-state index contributed by atoms with van der Waals surface area (Å²) in [6.45, 7) is 5.64. The van der Waals surface area contributed by atoms with E-state index in [4.69, 9.17) is 9.47 Å². The second kappa shape index (κ2) is 6.49. The van der Waals surface area contributed by atoms with Crippen LogP contribution in [0.3, 0.4) is 0 Å². The van der Waals surface area contributed by atoms with Gasteiger partial charge < -0.3 is 14.8 Å². The number of benzene rings is 1. The summed E-state index contributed by atoms with van der Waals surface area (Å²) in [6, 6.07) is 4.27. The van der Waals surface area contributed by atoms with Crippen LogP contribution in [0.5, 0.6) is 11.5 Å². The molecule has 2 aliphatic rings. The van der Waals surface area contributed by atoms with E-state index in [0.717, 1.165) is 24.6 Å². The lowest BCUT2D eigenvalue weighted by Crippen LogP contribution is -2.24. The molecular weight excluding hydrogens is 282 g/mol. The van der Waals surface area contributed by atoms with Crippen LogP contribution in [0.4, 0.5) is 0 Å². The Morgan fingerprint density at radius 3 is 2.52 bits per heavy atom. The highest BCUT2D eigenvalue weighted by Gasteiger charge is 2.40. The van der Waals surface area contributed by atoms with E-state index in [-0.39, 0.29) is 0 Å². The molecule has 1 aliphatic heterocycles. The van der Waals surface area contributed by atoms with Crippen molar-refractivity contribution in [1.82, 2.24) is 5.32 Å². The molecule has 1 aromatic rings. The Kier molecular flexibility index (Phi) is 4.65. The molecule has 0 atom stereocenters. The van der Waals surface area contributed by atoms with Crippen molar-refractivity contribution in [2.75, 3.05) is 26.0 Å². The van der Waals surface area contributed by atoms with Gasteiger partial charge in [0.2, 0.25) is 0 Å². The van der Waals surface area contributed by atoms with Crippen molar-refractivity contribution < 1.29 is 9.47 Å². The molecule has 3 rings (SSSR count). The van der Waals surface area contributed by atoms with Gasteiger partial charge in [0, 0.05) is 18.0 Å². The molecule has 0 radical (unpaired) electrons. The molecule has 4 heteroatoms. The summed E-state index contributed by atoms with van der Waals surface area (Å²) in [5.74, 6) is 1.78. The molecule has 0 aromatic heterocycles. The number of hydrogen-bond acceptors (Lipinski definition) is 4. The number of fused-ring (bicyclic) bond motifs is 1. The van der Waals surface area contributed by atoms with Crippen LogP contribution in [0.15, 0.2) is 17.0 Å². The number of ether oxygens (including phenoxy) is 2. The minimum Gasteiger partial charge on any atom is -0.486 e. The Bertz CT molecular complexity index is 500. The van der Waals surface area contributed by atoms with E-state index >= 15 is 0 Å². The second-order valence-electron chi connectivity index (χ2n) is 6.16. The molecule has 1 N–H and O–H groups in total. The molecular formula is C17H25NO2S. The minimum atomic E-state index is 0.599. The third-order valence-electron chi connectivity index (χ3n) is 4.50. The lowest BCUT2D eigenvalue weighted by Gasteiger charge is -2.21. The van der Waals surface area contributed by atoms with E-state index in [0.29, 0.717) is 18.6 Å². The van der Waals surface area contributed by atoms with Gasteiger partial charge in [-0.25, -0.2) is 0 Å². The van der Waals surface area contributed by atoms with Crippen LogP contribution in [0.25, 0.3) is 0 Å². The van der Waals surface area contributed by atoms with E-state index in [1.54, 1.807) is 11.8 Å². The third-order valence-corrected chi connectivity index (χ3v) is 5.32. The normalized spacial score (nSPS) is 18.6. The van der Waals surface area contributed by atoms with Gasteiger partial charge in [-0.05, 0) is 48.6 Å². The van der Waals surface area contributed by atoms with Crippen molar-refractivity contribution in [3.63, 3.8) is 0 Å². The maximum Gasteiger partial charge on any atom is 0.162 e. The highest BCUT2D eigenvalue weighted by Crippen LogP contribution is 2.49. The van der Waals surface area contributed by atoms with Crippen LogP contribution >= 0.6 is 11.8 Å². The first-order chi connectivity index (χ1) is 10.3. The first-order valence-corrected chi connectivity index (χ1v) is 9.16. The highest BCUT2D eigenvalue weighted by atomic mass is 32.2. The first-order valence-electron chi connectivity index (χ1n) is 7.93. The summed E-state index contributed by atoms with van der Waals surface area (Å²) in [6.07, 6.45) is 7.56. The molecule has 1 saturated carbocycles. The number of nitrogens with one attached hydrogen (secondary N) is 1. The Morgan fingerprint density at radius 1 is 1.19 bits per heavy atom. The van der Waals surface area contributed by atoms with Gasteiger partial charge in [-0.2, -0.15) is 0 Å². The van der Waals surface area contributed by atoms with Gasteiger partial charge in [0.05, 0.1) is 0 Å². The topological polar surface area (TPSA) is 30.5 Å². The van der Waals surface area contributed by atoms with Crippen LogP contribution in [0, 0.1) is 5.41 Å². The first kappa shape index (κ1) is 15.0. The average Bonchev–Trinajstić information content (AvgIpc) is 3.26. The molecule has 1 heterocycles. The molecule has 0 spiro atoms. The summed E-state index contributed by atoms with van der Waals surface area (Å²) in [5, 5.41) is 3.66. The van der Waals surface area contributed by atoms with Crippen molar-refractivity contribution >= 4 is 11.8 Å². The van der Waals surface area contributed by atoms with E-state index in [2.05, 4.69) is 30.6 Å². The van der Waals surface area contributed by atoms with E-state index < -0.39 is 0 Å². The predicted molar refractivity (Wildman–Crippen MR) is 87.5 cm³/mol. The fourth-order valence-electron chi connectivity index (χ4n) is 3.13. The second-order valence-corrected chi connectivity index (χ2v) is 7.01. The maximum atomic E-state index is 5.70. The van der Waals surface area contributed by atoms with Crippen LogP contribution in [-0.4, -0.2) is 26.0 Å². The molecule has 0 bridgehead atoms. The molecule has 116 valence electrons. The van der Waals surface area contributed by atoms with Crippen LogP contribution in [0.1, 0.15) is 38.2 Å². The van der Waals surface area contributed by atoms with Gasteiger partial charge in [-0.3, -0.25) is 0 Å². The molecule has 3 nitrogen and oxygen atoms in total. The Morgan fingerprint density at radius 2 is 1.90 bits per heavy atom. The zero-order valence-corrected chi connectivity index (χ0v) is 13.9. The summed E-state index contributed by atoms with van der Waals surface area (Å²) in [5.41, 5.74) is 1.92. The lowest BCUT2D eigenvalue weighted by atomic mass is 10.0. The Hall–Kier alpha value is -0.870. The number of thioether (sulfide) groups is 1. The van der Waals surface area contributed by atoms with Gasteiger partial charge in [0.1, 0.15) is 13.2 Å². The van der Waals surface area contributed by atoms with Gasteiger partial charge in [-0.15, -0.1) is 11.8 Å². The van der Waals surface area contributed by atoms with Gasteiger partial charge in [0.15, 0.2) is 11.5 Å². The van der Waals surface area contributed by atoms with Gasteiger partial charge in [0.25, 0.3) is 0 Å². The van der Waals surface area contributed by atoms with Crippen LogP contribution in [0.2, 0.25) is 0 Å². The molecule has 21 heavy (non-hydrogen) atoms. The smallest absolute Gasteiger partial charge is 0.162 e. The Labute approximate surface area is 131 Å². The van der Waals surface area contributed by atoms with Crippen molar-refractivity contribution in [1.29, 1.82) is 0 Å². The summed E-state index contributed by atoms with van der Waals surface area (Å²) in [4.78, 5) is 1.28. The third kappa shape index (κ3) is 3.49. The fraction of sp³-hybridized carbons (Fsp3) is 0.647. The van der Waals surface area contributed by atoms with Gasteiger partial charge in [-0.1, -0.05) is 13.3 Å². The number of rotatable bonds is 7. The quantitative estimate of drug-likeness (QED) is 0.775. The Balaban J connectivity index is 1.64. The van der Waals surface area contributed by atoms with Crippen LogP contribution < -0.4 is 14.8 Å². The number of hydrogen-bond donors (Lipinski definition) is 1. The van der Waals surface area contributed by atoms with Crippen molar-refractivity contribution in [2.24, 2.45) is 5.41 Å². The largest absolute Gasteiger partial charge is 0.486 e. The average molecular weight is 307 g/mol. The van der Waals surface area contributed by atoms with Crippen LogP contribution in [-0.2, 0) is 6.54 Å². The van der Waals surface area contributed by atoms with E-state index in [9.17, 15) is 0 Å². The highest BCUT2D eigenvalue weighted by molar-refractivity contribution is 7.98. The van der Waals surface area contributed by atoms with E-state index in [1.807, 2.05) is 0 Å². The van der Waals surface area contributed by atoms with Crippen molar-refractivity contribution in [3.8, 4) is 11.5 Å². The summed E-state index contributed by atoms with van der Waals surface area (Å²) >= 11 is 1.78. The molecule has 0 amide bonds. The van der Waals surface area contributed by atoms with Crippen molar-refractivity contribution in [3.05, 3.63) is 17.7 Å². The molecule has 1 aromatic carbocycles. The van der Waals surface area contributed by atoms with Crippen molar-refractivity contribution in [2.45, 2.75) is 44.0 Å². The standard InChI is InChI=1S/C17H25NO2S/c1-3-4-17(5-6-17)12-18-11-13-9-14-15(10-16(13)21-2)20-8-7-19-14/h9-10,18H,3-8,11-12H2,1-2H3. The van der Waals surface area contributed by atoms with Gasteiger partial charge >= 0.3 is 0 Å². The fourth-order valence-corrected chi connectivity index (χ4v) is 3.74. The lowest BCUT2D eigenvalue weighted by molar-refractivity contribution is 0.171. The monoisotopic (exact) mass is 307 g/mol. The summed E-state index contributed by atoms with van der Waals surface area (Å²) in [7, 11) is 0. The SMILES string of the molecule is CCCC1(CNCc2cc3c(cc2SC)OCCO3)CC1. The maximum absolute atomic E-state index is 5.70.